The van der Waals surface area contributed by atoms with E-state index in [4.69, 9.17) is 5.73 Å². The summed E-state index contributed by atoms with van der Waals surface area (Å²) in [6.45, 7) is 6.83. The maximum Gasteiger partial charge on any atom is 0.00672 e. The second-order valence-corrected chi connectivity index (χ2v) is 3.81. The number of nitrogens with two attached hydrogens (primary N) is 1. The maximum absolute atomic E-state index is 5.93. The van der Waals surface area contributed by atoms with Crippen LogP contribution in [0.4, 0.5) is 0 Å². The topological polar surface area (TPSA) is 26.0 Å². The molecule has 0 aromatic heterocycles. The summed E-state index contributed by atoms with van der Waals surface area (Å²) in [5, 5.41) is 0. The Balaban J connectivity index is 2.32. The molecule has 1 aliphatic rings. The zero-order valence-corrected chi connectivity index (χ0v) is 7.30. The lowest BCUT2D eigenvalue weighted by atomic mass is 9.63. The molecule has 0 radical (unpaired) electrons. The van der Waals surface area contributed by atoms with Crippen molar-refractivity contribution in [2.45, 2.75) is 39.7 Å². The first kappa shape index (κ1) is 8.06. The highest BCUT2D eigenvalue weighted by atomic mass is 14.7. The van der Waals surface area contributed by atoms with Crippen LogP contribution in [0.25, 0.3) is 0 Å². The van der Waals surface area contributed by atoms with Gasteiger partial charge in [0.1, 0.15) is 0 Å². The van der Waals surface area contributed by atoms with Gasteiger partial charge in [-0.05, 0) is 30.6 Å². The van der Waals surface area contributed by atoms with Gasteiger partial charge in [-0.25, -0.2) is 0 Å². The predicted molar refractivity (Wildman–Crippen MR) is 44.7 cm³/mol. The van der Waals surface area contributed by atoms with Crippen LogP contribution in [0.1, 0.15) is 33.6 Å². The molecule has 0 bridgehead atoms. The van der Waals surface area contributed by atoms with Gasteiger partial charge in [-0.2, -0.15) is 0 Å². The van der Waals surface area contributed by atoms with Gasteiger partial charge in [0.25, 0.3) is 0 Å². The molecular weight excluding hydrogens is 122 g/mol. The van der Waals surface area contributed by atoms with Crippen molar-refractivity contribution in [1.82, 2.24) is 0 Å². The van der Waals surface area contributed by atoms with Crippen LogP contribution in [-0.4, -0.2) is 6.04 Å². The molecule has 4 unspecified atom stereocenters. The molecule has 60 valence electrons. The first-order valence-corrected chi connectivity index (χ1v) is 4.42. The Morgan fingerprint density at radius 1 is 1.50 bits per heavy atom. The Morgan fingerprint density at radius 3 is 2.40 bits per heavy atom. The molecule has 0 spiro atoms. The van der Waals surface area contributed by atoms with E-state index in [9.17, 15) is 0 Å². The lowest BCUT2D eigenvalue weighted by molar-refractivity contribution is 0.0776. The van der Waals surface area contributed by atoms with Crippen LogP contribution in [-0.2, 0) is 0 Å². The zero-order chi connectivity index (χ0) is 7.72. The quantitative estimate of drug-likeness (QED) is 0.625. The third-order valence-electron chi connectivity index (χ3n) is 3.24. The maximum atomic E-state index is 5.93. The van der Waals surface area contributed by atoms with Crippen LogP contribution in [0.3, 0.4) is 0 Å². The molecule has 0 heterocycles. The molecule has 1 aliphatic carbocycles. The first-order chi connectivity index (χ1) is 4.66. The highest BCUT2D eigenvalue weighted by Gasteiger charge is 2.37. The summed E-state index contributed by atoms with van der Waals surface area (Å²) in [4.78, 5) is 0. The van der Waals surface area contributed by atoms with Crippen molar-refractivity contribution < 1.29 is 0 Å². The summed E-state index contributed by atoms with van der Waals surface area (Å²) in [6, 6.07) is 0.464. The lowest BCUT2D eigenvalue weighted by Gasteiger charge is -2.44. The molecule has 4 atom stereocenters. The fourth-order valence-electron chi connectivity index (χ4n) is 1.95. The van der Waals surface area contributed by atoms with Crippen LogP contribution in [0, 0.1) is 17.8 Å². The summed E-state index contributed by atoms with van der Waals surface area (Å²) < 4.78 is 0. The van der Waals surface area contributed by atoms with Gasteiger partial charge in [-0.1, -0.05) is 20.8 Å². The van der Waals surface area contributed by atoms with Gasteiger partial charge in [0.05, 0.1) is 0 Å². The summed E-state index contributed by atoms with van der Waals surface area (Å²) >= 11 is 0. The van der Waals surface area contributed by atoms with Gasteiger partial charge in [0, 0.05) is 6.04 Å². The lowest BCUT2D eigenvalue weighted by Crippen LogP contribution is -2.44. The van der Waals surface area contributed by atoms with Gasteiger partial charge in [-0.15, -0.1) is 0 Å². The van der Waals surface area contributed by atoms with Crippen molar-refractivity contribution >= 4 is 0 Å². The summed E-state index contributed by atoms with van der Waals surface area (Å²) in [7, 11) is 0. The molecule has 0 aromatic carbocycles. The van der Waals surface area contributed by atoms with Gasteiger partial charge < -0.3 is 5.73 Å². The highest BCUT2D eigenvalue weighted by Crippen LogP contribution is 2.41. The Labute approximate surface area is 64.0 Å². The molecule has 0 saturated heterocycles. The van der Waals surface area contributed by atoms with Gasteiger partial charge in [0.2, 0.25) is 0 Å². The molecule has 10 heavy (non-hydrogen) atoms. The average Bonchev–Trinajstić information content (AvgIpc) is 1.98. The van der Waals surface area contributed by atoms with Crippen LogP contribution in [0.15, 0.2) is 0 Å². The van der Waals surface area contributed by atoms with E-state index in [1.165, 1.54) is 6.42 Å². The third kappa shape index (κ3) is 1.20. The Bertz CT molecular complexity index is 107. The van der Waals surface area contributed by atoms with Crippen molar-refractivity contribution in [1.29, 1.82) is 0 Å². The van der Waals surface area contributed by atoms with Gasteiger partial charge >= 0.3 is 0 Å². The second kappa shape index (κ2) is 2.91. The van der Waals surface area contributed by atoms with E-state index >= 15 is 0 Å². The number of hydrogen-bond acceptors (Lipinski definition) is 1. The molecule has 1 rings (SSSR count). The van der Waals surface area contributed by atoms with E-state index in [1.54, 1.807) is 0 Å². The predicted octanol–water partition coefficient (Wildman–Crippen LogP) is 2.02. The molecule has 0 amide bonds. The minimum Gasteiger partial charge on any atom is -0.327 e. The molecule has 0 aliphatic heterocycles. The van der Waals surface area contributed by atoms with E-state index in [0.717, 1.165) is 24.2 Å². The average molecular weight is 141 g/mol. The standard InChI is InChI=1S/C9H19N/c1-4-9(10)8-5-6(2)7(8)3/h6-9H,4-5,10H2,1-3H3. The van der Waals surface area contributed by atoms with Crippen LogP contribution in [0.5, 0.6) is 0 Å². The van der Waals surface area contributed by atoms with Crippen molar-refractivity contribution in [3.8, 4) is 0 Å². The van der Waals surface area contributed by atoms with Crippen LogP contribution in [0.2, 0.25) is 0 Å². The summed E-state index contributed by atoms with van der Waals surface area (Å²) in [5.41, 5.74) is 5.93. The molecule has 1 saturated carbocycles. The third-order valence-corrected chi connectivity index (χ3v) is 3.24. The summed E-state index contributed by atoms with van der Waals surface area (Å²) in [6.07, 6.45) is 2.50. The van der Waals surface area contributed by atoms with Gasteiger partial charge in [-0.3, -0.25) is 0 Å². The highest BCUT2D eigenvalue weighted by molar-refractivity contribution is 4.89. The van der Waals surface area contributed by atoms with Crippen molar-refractivity contribution in [3.63, 3.8) is 0 Å². The summed E-state index contributed by atoms with van der Waals surface area (Å²) in [5.74, 6) is 2.61. The van der Waals surface area contributed by atoms with E-state index in [0.29, 0.717) is 6.04 Å². The normalized spacial score (nSPS) is 42.6. The van der Waals surface area contributed by atoms with Crippen LogP contribution >= 0.6 is 0 Å². The van der Waals surface area contributed by atoms with E-state index in [1.807, 2.05) is 0 Å². The SMILES string of the molecule is CCC(N)C1CC(C)C1C. The zero-order valence-electron chi connectivity index (χ0n) is 7.30. The van der Waals surface area contributed by atoms with E-state index in [-0.39, 0.29) is 0 Å². The molecule has 2 N–H and O–H groups in total. The number of hydrogen-bond donors (Lipinski definition) is 1. The fraction of sp³-hybridized carbons (Fsp3) is 1.00. The Hall–Kier alpha value is -0.0400. The van der Waals surface area contributed by atoms with E-state index in [2.05, 4.69) is 20.8 Å². The van der Waals surface area contributed by atoms with Gasteiger partial charge in [0.15, 0.2) is 0 Å². The minimum atomic E-state index is 0.464. The monoisotopic (exact) mass is 141 g/mol. The van der Waals surface area contributed by atoms with Crippen molar-refractivity contribution in [2.75, 3.05) is 0 Å². The van der Waals surface area contributed by atoms with Crippen molar-refractivity contribution in [2.24, 2.45) is 23.5 Å². The molecule has 1 heteroatoms. The molecule has 1 nitrogen and oxygen atoms in total. The molecule has 0 aromatic rings. The first-order valence-electron chi connectivity index (χ1n) is 4.42. The molecular formula is C9H19N. The second-order valence-electron chi connectivity index (χ2n) is 3.81. The Morgan fingerprint density at radius 2 is 2.10 bits per heavy atom. The largest absolute Gasteiger partial charge is 0.327 e. The smallest absolute Gasteiger partial charge is 0.00672 e. The Kier molecular flexibility index (Phi) is 2.35. The van der Waals surface area contributed by atoms with E-state index < -0.39 is 0 Å². The fourth-order valence-corrected chi connectivity index (χ4v) is 1.95. The van der Waals surface area contributed by atoms with Crippen LogP contribution < -0.4 is 5.73 Å². The minimum absolute atomic E-state index is 0.464. The number of rotatable bonds is 2. The molecule has 1 fully saturated rings. The van der Waals surface area contributed by atoms with Crippen molar-refractivity contribution in [3.05, 3.63) is 0 Å².